The summed E-state index contributed by atoms with van der Waals surface area (Å²) in [4.78, 5) is 63.0. The van der Waals surface area contributed by atoms with Crippen LogP contribution in [0, 0.1) is 17.8 Å². The number of carbonyl (C=O) groups is 5. The number of aliphatic carboxylic acids is 1. The van der Waals surface area contributed by atoms with Crippen molar-refractivity contribution < 1.29 is 38.9 Å². The van der Waals surface area contributed by atoms with Gasteiger partial charge in [0.1, 0.15) is 0 Å². The molecule has 0 aromatic heterocycles. The first kappa shape index (κ1) is 27.9. The molecular weight excluding hydrogens is 619 g/mol. The molecule has 5 rings (SSSR count). The number of nitrogens with zero attached hydrogens (tertiary/aromatic N) is 2. The number of hydrogen-bond donors (Lipinski definition) is 2. The number of rotatable bonds is 6. The van der Waals surface area contributed by atoms with Gasteiger partial charge in [0.2, 0.25) is 11.8 Å². The maximum absolute atomic E-state index is 13.6. The van der Waals surface area contributed by atoms with Gasteiger partial charge in [0.05, 0.1) is 23.4 Å². The Bertz CT molecular complexity index is 1370. The number of carboxylic acids is 1. The Kier molecular flexibility index (Phi) is 6.79. The van der Waals surface area contributed by atoms with Crippen LogP contribution in [0.5, 0.6) is 11.5 Å². The summed E-state index contributed by atoms with van der Waals surface area (Å²) in [5, 5.41) is 19.4. The van der Waals surface area contributed by atoms with E-state index in [2.05, 4.69) is 15.9 Å². The smallest absolute Gasteiger partial charge is 0.303 e. The van der Waals surface area contributed by atoms with E-state index in [0.29, 0.717) is 11.1 Å². The average molecular weight is 644 g/mol. The Morgan fingerprint density at radius 3 is 2.49 bits per heavy atom. The van der Waals surface area contributed by atoms with Gasteiger partial charge >= 0.3 is 5.97 Å². The molecule has 1 aromatic carbocycles. The van der Waals surface area contributed by atoms with Crippen molar-refractivity contribution in [2.45, 2.75) is 41.3 Å². The first-order valence-electron chi connectivity index (χ1n) is 12.3. The number of carboxylic acid groups (broad SMARTS) is 1. The van der Waals surface area contributed by atoms with Gasteiger partial charge < -0.3 is 14.9 Å². The molecule has 2 N–H and O–H groups in total. The van der Waals surface area contributed by atoms with Gasteiger partial charge in [0, 0.05) is 25.9 Å². The molecular formula is C26H25BrCl2N2O8. The molecule has 10 nitrogen and oxygen atoms in total. The lowest BCUT2D eigenvalue weighted by Gasteiger charge is -2.50. The van der Waals surface area contributed by atoms with E-state index in [1.54, 1.807) is 12.1 Å². The van der Waals surface area contributed by atoms with Crippen LogP contribution >= 0.6 is 39.1 Å². The summed E-state index contributed by atoms with van der Waals surface area (Å²) in [5.74, 6) is -6.59. The topological polar surface area (TPSA) is 142 Å². The predicted octanol–water partition coefficient (Wildman–Crippen LogP) is 3.02. The monoisotopic (exact) mass is 642 g/mol. The summed E-state index contributed by atoms with van der Waals surface area (Å²) in [7, 11) is 2.67. The second kappa shape index (κ2) is 9.49. The van der Waals surface area contributed by atoms with Gasteiger partial charge in [-0.25, -0.2) is 0 Å². The van der Waals surface area contributed by atoms with E-state index in [9.17, 15) is 29.1 Å². The molecule has 2 aliphatic carbocycles. The largest absolute Gasteiger partial charge is 0.503 e. The molecule has 1 saturated carbocycles. The number of imide groups is 2. The van der Waals surface area contributed by atoms with E-state index in [4.69, 9.17) is 33.0 Å². The number of carbonyl (C=O) groups excluding carboxylic acids is 4. The number of likely N-dealkylation sites (tertiary alicyclic amines) is 2. The minimum atomic E-state index is -1.95. The highest BCUT2D eigenvalue weighted by Crippen LogP contribution is 2.65. The second-order valence-electron chi connectivity index (χ2n) is 10.4. The summed E-state index contributed by atoms with van der Waals surface area (Å²) in [5.41, 5.74) is 1.03. The van der Waals surface area contributed by atoms with Crippen molar-refractivity contribution in [2.75, 3.05) is 20.7 Å². The van der Waals surface area contributed by atoms with Crippen LogP contribution in [0.1, 0.15) is 37.2 Å². The molecule has 0 radical (unpaired) electrons. The third-order valence-corrected chi connectivity index (χ3v) is 10.5. The van der Waals surface area contributed by atoms with Crippen LogP contribution < -0.4 is 4.74 Å². The summed E-state index contributed by atoms with van der Waals surface area (Å²) < 4.78 is 5.58. The quantitative estimate of drug-likeness (QED) is 0.274. The molecule has 3 fully saturated rings. The van der Waals surface area contributed by atoms with Crippen LogP contribution in [-0.2, 0) is 24.0 Å². The van der Waals surface area contributed by atoms with E-state index < -0.39 is 63.0 Å². The molecule has 39 heavy (non-hydrogen) atoms. The normalized spacial score (nSPS) is 33.6. The van der Waals surface area contributed by atoms with E-state index in [0.717, 1.165) is 9.80 Å². The molecule has 2 aliphatic heterocycles. The van der Waals surface area contributed by atoms with E-state index >= 15 is 0 Å². The highest BCUT2D eigenvalue weighted by molar-refractivity contribution is 9.10. The number of fused-ring (bicyclic) bond motifs is 4. The molecule has 1 aromatic rings. The number of amides is 4. The highest BCUT2D eigenvalue weighted by Gasteiger charge is 2.75. The third-order valence-electron chi connectivity index (χ3n) is 8.48. The number of halogens is 3. The lowest BCUT2D eigenvalue weighted by atomic mass is 9.56. The van der Waals surface area contributed by atoms with Crippen LogP contribution in [-0.4, -0.2) is 80.1 Å². The minimum Gasteiger partial charge on any atom is -0.503 e. The molecule has 6 atom stereocenters. The zero-order chi connectivity index (χ0) is 28.6. The van der Waals surface area contributed by atoms with Crippen LogP contribution in [0.25, 0.3) is 0 Å². The van der Waals surface area contributed by atoms with Gasteiger partial charge in [-0.05, 0) is 58.8 Å². The van der Waals surface area contributed by atoms with Gasteiger partial charge in [-0.15, -0.1) is 23.2 Å². The molecule has 0 spiro atoms. The Labute approximate surface area is 242 Å². The third kappa shape index (κ3) is 3.76. The maximum atomic E-state index is 13.6. The van der Waals surface area contributed by atoms with Gasteiger partial charge in [-0.1, -0.05) is 11.6 Å². The zero-order valence-electron chi connectivity index (χ0n) is 20.9. The molecule has 4 amide bonds. The summed E-state index contributed by atoms with van der Waals surface area (Å²) >= 11 is 17.5. The number of phenols is 1. The average Bonchev–Trinajstić information content (AvgIpc) is 3.20. The van der Waals surface area contributed by atoms with Crippen molar-refractivity contribution in [3.05, 3.63) is 33.8 Å². The molecule has 2 saturated heterocycles. The number of phenolic OH excluding ortho intramolecular Hbond substituents is 1. The number of ether oxygens (including phenoxy) is 1. The lowest BCUT2D eigenvalue weighted by Crippen LogP contribution is -2.60. The fraction of sp³-hybridized carbons (Fsp3) is 0.500. The van der Waals surface area contributed by atoms with Crippen molar-refractivity contribution in [1.29, 1.82) is 0 Å². The lowest BCUT2D eigenvalue weighted by molar-refractivity contribution is -0.142. The standard InChI is InChI=1S/C26H25BrCl2N2O8/c1-30-23(37)25(28)10-14-12(5-6-13-18(14)22(36)31(21(13)35)7-3-4-17(32)33)19(26(25,29)24(30)38)11-8-15(27)20(34)16(9-11)39-2/h5,8-9,13-14,18-19,34H,3-4,6-7,10H2,1-2H3,(H,32,33). The highest BCUT2D eigenvalue weighted by atomic mass is 79.9. The summed E-state index contributed by atoms with van der Waals surface area (Å²) in [6.07, 6.45) is 1.77. The van der Waals surface area contributed by atoms with Crippen LogP contribution in [0.15, 0.2) is 28.3 Å². The SMILES string of the molecule is COc1cc(C2C3=CCC4C(=O)N(CCCC(=O)O)C(=O)C4C3CC3(Cl)C(=O)N(C)C(=O)C23Cl)cc(Br)c1O. The first-order chi connectivity index (χ1) is 18.3. The van der Waals surface area contributed by atoms with Gasteiger partial charge in [0.15, 0.2) is 21.2 Å². The van der Waals surface area contributed by atoms with Crippen molar-refractivity contribution in [3.63, 3.8) is 0 Å². The van der Waals surface area contributed by atoms with Crippen molar-refractivity contribution >= 4 is 68.7 Å². The van der Waals surface area contributed by atoms with E-state index in [1.807, 2.05) is 0 Å². The number of allylic oxidation sites excluding steroid dienone is 2. The fourth-order valence-electron chi connectivity index (χ4n) is 6.71. The molecule has 4 aliphatic rings. The summed E-state index contributed by atoms with van der Waals surface area (Å²) in [6, 6.07) is 3.08. The van der Waals surface area contributed by atoms with Gasteiger partial charge in [-0.2, -0.15) is 0 Å². The number of hydrogen-bond acceptors (Lipinski definition) is 7. The van der Waals surface area contributed by atoms with Gasteiger partial charge in [0.25, 0.3) is 11.8 Å². The van der Waals surface area contributed by atoms with E-state index in [-0.39, 0.29) is 48.2 Å². The van der Waals surface area contributed by atoms with Crippen LogP contribution in [0.3, 0.4) is 0 Å². The van der Waals surface area contributed by atoms with Crippen molar-refractivity contribution in [2.24, 2.45) is 17.8 Å². The Balaban J connectivity index is 1.65. The number of benzene rings is 1. The molecule has 6 unspecified atom stereocenters. The van der Waals surface area contributed by atoms with Crippen molar-refractivity contribution in [3.8, 4) is 11.5 Å². The maximum Gasteiger partial charge on any atom is 0.303 e. The Hall–Kier alpha value is -2.63. The molecule has 13 heteroatoms. The number of methoxy groups -OCH3 is 1. The first-order valence-corrected chi connectivity index (χ1v) is 13.9. The van der Waals surface area contributed by atoms with E-state index in [1.165, 1.54) is 20.2 Å². The summed E-state index contributed by atoms with van der Waals surface area (Å²) in [6.45, 7) is -0.0316. The fourth-order valence-corrected chi connectivity index (χ4v) is 8.19. The van der Waals surface area contributed by atoms with Crippen LogP contribution in [0.2, 0.25) is 0 Å². The Morgan fingerprint density at radius 2 is 1.85 bits per heavy atom. The zero-order valence-corrected chi connectivity index (χ0v) is 24.0. The van der Waals surface area contributed by atoms with Gasteiger partial charge in [-0.3, -0.25) is 33.8 Å². The van der Waals surface area contributed by atoms with Crippen LogP contribution in [0.4, 0.5) is 0 Å². The minimum absolute atomic E-state index is 0.0316. The molecule has 2 heterocycles. The predicted molar refractivity (Wildman–Crippen MR) is 141 cm³/mol. The molecule has 0 bridgehead atoms. The Morgan fingerprint density at radius 1 is 1.15 bits per heavy atom. The second-order valence-corrected chi connectivity index (χ2v) is 12.5. The molecule has 208 valence electrons. The number of alkyl halides is 2. The van der Waals surface area contributed by atoms with Crippen molar-refractivity contribution in [1.82, 2.24) is 9.80 Å². The number of aromatic hydroxyl groups is 1.